The van der Waals surface area contributed by atoms with Gasteiger partial charge in [-0.1, -0.05) is 29.5 Å². The molecule has 1 aromatic carbocycles. The zero-order valence-corrected chi connectivity index (χ0v) is 17.5. The van der Waals surface area contributed by atoms with Crippen LogP contribution in [0.4, 0.5) is 0 Å². The summed E-state index contributed by atoms with van der Waals surface area (Å²) in [5.74, 6) is 0. The monoisotopic (exact) mass is 423 g/mol. The number of aromatic amines is 2. The van der Waals surface area contributed by atoms with Gasteiger partial charge in [0.25, 0.3) is 5.56 Å². The Labute approximate surface area is 173 Å². The third-order valence-electron chi connectivity index (χ3n) is 5.28. The van der Waals surface area contributed by atoms with Crippen LogP contribution in [0.1, 0.15) is 23.3 Å². The van der Waals surface area contributed by atoms with E-state index in [2.05, 4.69) is 15.0 Å². The Morgan fingerprint density at radius 2 is 1.93 bits per heavy atom. The minimum absolute atomic E-state index is 0.0625. The molecular weight excluding hydrogens is 404 g/mol. The Hall–Kier alpha value is -2.84. The number of nitrogens with one attached hydrogen (secondary N) is 2. The molecule has 1 aliphatic rings. The van der Waals surface area contributed by atoms with Crippen LogP contribution in [0.15, 0.2) is 46.5 Å². The average molecular weight is 424 g/mol. The fourth-order valence-corrected chi connectivity index (χ4v) is 6.14. The molecule has 0 amide bonds. The number of benzene rings is 1. The van der Waals surface area contributed by atoms with Crippen LogP contribution < -0.4 is 16.1 Å². The zero-order valence-electron chi connectivity index (χ0n) is 15.8. The number of H-pyrrole nitrogens is 2. The Kier molecular flexibility index (Phi) is 4.52. The topological polar surface area (TPSA) is 81.9 Å². The Bertz CT molecular complexity index is 1480. The van der Waals surface area contributed by atoms with E-state index in [1.807, 2.05) is 24.3 Å². The molecule has 0 radical (unpaired) electrons. The minimum atomic E-state index is -0.0625. The summed E-state index contributed by atoms with van der Waals surface area (Å²) in [5.41, 5.74) is 1.38. The van der Waals surface area contributed by atoms with Crippen molar-refractivity contribution >= 4 is 53.2 Å². The van der Waals surface area contributed by atoms with Crippen molar-refractivity contribution < 1.29 is 4.98 Å². The van der Waals surface area contributed by atoms with Crippen molar-refractivity contribution in [3.05, 3.63) is 68.1 Å². The van der Waals surface area contributed by atoms with Crippen LogP contribution in [-0.2, 0) is 19.9 Å². The molecule has 0 spiro atoms. The molecule has 6 nitrogen and oxygen atoms in total. The third kappa shape index (κ3) is 3.08. The number of nitrogens with zero attached hydrogens (tertiary/aromatic N) is 2. The zero-order chi connectivity index (χ0) is 20.0. The van der Waals surface area contributed by atoms with E-state index in [-0.39, 0.29) is 11.1 Å². The lowest BCUT2D eigenvalue weighted by molar-refractivity contribution is -0.349. The predicted octanol–water partition coefficient (Wildman–Crippen LogP) is 3.43. The second-order valence-electron chi connectivity index (χ2n) is 7.11. The molecule has 4 aromatic heterocycles. The summed E-state index contributed by atoms with van der Waals surface area (Å²) in [6.45, 7) is 0. The van der Waals surface area contributed by atoms with Gasteiger partial charge in [0, 0.05) is 15.0 Å². The van der Waals surface area contributed by atoms with Crippen LogP contribution in [0.5, 0.6) is 0 Å². The first kappa shape index (κ1) is 18.2. The van der Waals surface area contributed by atoms with Crippen LogP contribution >= 0.6 is 22.7 Å². The van der Waals surface area contributed by atoms with Gasteiger partial charge < -0.3 is 4.98 Å². The first-order valence-electron chi connectivity index (χ1n) is 9.50. The summed E-state index contributed by atoms with van der Waals surface area (Å²) in [6, 6.07) is 7.85. The molecule has 0 unspecified atom stereocenters. The Balaban J connectivity index is 0.000000125. The van der Waals surface area contributed by atoms with Crippen LogP contribution in [0, 0.1) is 0 Å². The number of hydrogen-bond acceptors (Lipinski definition) is 5. The van der Waals surface area contributed by atoms with Crippen molar-refractivity contribution in [1.82, 2.24) is 14.5 Å². The largest absolute Gasteiger partial charge is 0.346 e. The van der Waals surface area contributed by atoms with Gasteiger partial charge in [0.1, 0.15) is 10.2 Å². The van der Waals surface area contributed by atoms with E-state index in [1.54, 1.807) is 40.6 Å². The second-order valence-corrected chi connectivity index (χ2v) is 9.25. The number of hydrogen-bond donors (Lipinski definition) is 1. The Morgan fingerprint density at radius 3 is 2.83 bits per heavy atom. The maximum Gasteiger partial charge on any atom is 0.346 e. The van der Waals surface area contributed by atoms with Gasteiger partial charge >= 0.3 is 5.56 Å². The van der Waals surface area contributed by atoms with E-state index < -0.39 is 0 Å². The molecular formula is C21H19N4O2S2+. The van der Waals surface area contributed by atoms with Crippen LogP contribution in [0.3, 0.4) is 0 Å². The van der Waals surface area contributed by atoms with Gasteiger partial charge in [0.15, 0.2) is 4.83 Å². The van der Waals surface area contributed by atoms with Gasteiger partial charge in [-0.05, 0) is 37.3 Å². The van der Waals surface area contributed by atoms with E-state index in [4.69, 9.17) is 0 Å². The molecule has 29 heavy (non-hydrogen) atoms. The van der Waals surface area contributed by atoms with Crippen LogP contribution in [-0.4, -0.2) is 14.5 Å². The molecule has 0 saturated heterocycles. The number of rotatable bonds is 0. The molecule has 2 N–H and O–H groups in total. The fraction of sp³-hybridized carbons (Fsp3) is 0.238. The highest BCUT2D eigenvalue weighted by Crippen LogP contribution is 2.32. The standard InChI is InChI=1S/C11H12N2OS.C10H6N2OS/c1-13-6-12-10-9(11(13)14)7-4-2-3-5-8(7)15-10;13-9-8-6-3-1-2-4-7(6)14-10(8)12-5-11-9/h6H,2-5H2,1H3;1-5H,(H,11,12,13)/p+1. The summed E-state index contributed by atoms with van der Waals surface area (Å²) in [4.78, 5) is 36.8. The first-order chi connectivity index (χ1) is 14.1. The lowest BCUT2D eigenvalue weighted by Crippen LogP contribution is -2.23. The van der Waals surface area contributed by atoms with E-state index in [9.17, 15) is 9.59 Å². The van der Waals surface area contributed by atoms with Gasteiger partial charge in [0.05, 0.1) is 18.8 Å². The predicted molar refractivity (Wildman–Crippen MR) is 118 cm³/mol. The van der Waals surface area contributed by atoms with Gasteiger partial charge in [0.2, 0.25) is 6.33 Å². The molecule has 0 bridgehead atoms. The lowest BCUT2D eigenvalue weighted by Gasteiger charge is -2.08. The van der Waals surface area contributed by atoms with Crippen LogP contribution in [0.25, 0.3) is 30.5 Å². The molecule has 1 aliphatic carbocycles. The number of thiophene rings is 2. The van der Waals surface area contributed by atoms with Crippen molar-refractivity contribution in [2.24, 2.45) is 7.05 Å². The number of aryl methyl sites for hydroxylation is 3. The first-order valence-corrected chi connectivity index (χ1v) is 11.1. The summed E-state index contributed by atoms with van der Waals surface area (Å²) in [7, 11) is 1.80. The molecule has 6 rings (SSSR count). The van der Waals surface area contributed by atoms with Crippen molar-refractivity contribution in [2.75, 3.05) is 0 Å². The van der Waals surface area contributed by atoms with E-state index in [1.165, 1.54) is 29.6 Å². The molecule has 0 fully saturated rings. The van der Waals surface area contributed by atoms with Crippen molar-refractivity contribution in [3.63, 3.8) is 0 Å². The molecule has 0 atom stereocenters. The summed E-state index contributed by atoms with van der Waals surface area (Å²) < 4.78 is 2.73. The molecule has 4 heterocycles. The van der Waals surface area contributed by atoms with E-state index in [0.29, 0.717) is 5.39 Å². The summed E-state index contributed by atoms with van der Waals surface area (Å²) >= 11 is 3.30. The highest BCUT2D eigenvalue weighted by Gasteiger charge is 2.21. The maximum absolute atomic E-state index is 12.0. The normalized spacial score (nSPS) is 13.4. The Morgan fingerprint density at radius 1 is 1.10 bits per heavy atom. The maximum atomic E-state index is 12.0. The summed E-state index contributed by atoms with van der Waals surface area (Å²) in [6.07, 6.45) is 7.89. The van der Waals surface area contributed by atoms with Gasteiger partial charge in [-0.15, -0.1) is 11.3 Å². The minimum Gasteiger partial charge on any atom is -0.313 e. The molecule has 0 saturated carbocycles. The highest BCUT2D eigenvalue weighted by molar-refractivity contribution is 7.25. The SMILES string of the molecule is Cn1c[nH+]c2sc3c(c2c1=O)CCCC3.O=c1[nH]cnc2sc3ccccc3c12. The fourth-order valence-electron chi connectivity index (χ4n) is 3.85. The van der Waals surface area contributed by atoms with E-state index >= 15 is 0 Å². The smallest absolute Gasteiger partial charge is 0.313 e. The quantitative estimate of drug-likeness (QED) is 0.414. The van der Waals surface area contributed by atoms with Crippen LogP contribution in [0.2, 0.25) is 0 Å². The highest BCUT2D eigenvalue weighted by atomic mass is 32.1. The lowest BCUT2D eigenvalue weighted by atomic mass is 9.97. The average Bonchev–Trinajstić information content (AvgIpc) is 3.30. The van der Waals surface area contributed by atoms with Gasteiger partial charge in [-0.3, -0.25) is 4.79 Å². The third-order valence-corrected chi connectivity index (χ3v) is 7.58. The molecule has 5 aromatic rings. The number of fused-ring (bicyclic) bond motifs is 6. The summed E-state index contributed by atoms with van der Waals surface area (Å²) in [5, 5.41) is 2.62. The molecule has 0 aliphatic heterocycles. The van der Waals surface area contributed by atoms with Gasteiger partial charge in [-0.25, -0.2) is 19.3 Å². The van der Waals surface area contributed by atoms with E-state index in [0.717, 1.165) is 38.0 Å². The molecule has 8 heteroatoms. The van der Waals surface area contributed by atoms with Crippen molar-refractivity contribution in [1.29, 1.82) is 0 Å². The second kappa shape index (κ2) is 7.20. The van der Waals surface area contributed by atoms with Gasteiger partial charge in [-0.2, -0.15) is 0 Å². The van der Waals surface area contributed by atoms with Crippen molar-refractivity contribution in [2.45, 2.75) is 25.7 Å². The number of aromatic nitrogens is 4. The molecule has 146 valence electrons. The van der Waals surface area contributed by atoms with Crippen molar-refractivity contribution in [3.8, 4) is 0 Å².